The van der Waals surface area contributed by atoms with E-state index in [9.17, 15) is 4.79 Å². The second-order valence-corrected chi connectivity index (χ2v) is 3.33. The molecule has 0 aromatic carbocycles. The van der Waals surface area contributed by atoms with Crippen molar-refractivity contribution in [1.29, 1.82) is 0 Å². The summed E-state index contributed by atoms with van der Waals surface area (Å²) in [5.74, 6) is 0.562. The number of halogens is 1. The summed E-state index contributed by atoms with van der Waals surface area (Å²) in [6.45, 7) is 1.86. The zero-order valence-corrected chi connectivity index (χ0v) is 7.92. The summed E-state index contributed by atoms with van der Waals surface area (Å²) in [5, 5.41) is 0. The lowest BCUT2D eigenvalue weighted by atomic mass is 10.4. The lowest BCUT2D eigenvalue weighted by Crippen LogP contribution is -2.09. The summed E-state index contributed by atoms with van der Waals surface area (Å²) in [4.78, 5) is 17.6. The van der Waals surface area contributed by atoms with Crippen LogP contribution in [0.3, 0.4) is 0 Å². The van der Waals surface area contributed by atoms with Crippen molar-refractivity contribution < 1.29 is 0 Å². The highest BCUT2D eigenvalue weighted by atomic mass is 79.9. The van der Waals surface area contributed by atoms with Gasteiger partial charge in [0.2, 0.25) is 5.78 Å². The van der Waals surface area contributed by atoms with Gasteiger partial charge < -0.3 is 0 Å². The van der Waals surface area contributed by atoms with Crippen LogP contribution in [0, 0.1) is 6.92 Å². The van der Waals surface area contributed by atoms with Crippen LogP contribution in [0.5, 0.6) is 0 Å². The Bertz CT molecular complexity index is 485. The number of rotatable bonds is 0. The highest BCUT2D eigenvalue weighted by Crippen LogP contribution is 2.11. The molecule has 5 heteroatoms. The first kappa shape index (κ1) is 7.54. The number of nitrogens with zero attached hydrogens (tertiary/aromatic N) is 2. The lowest BCUT2D eigenvalue weighted by Gasteiger charge is -1.98. The molecule has 2 heterocycles. The summed E-state index contributed by atoms with van der Waals surface area (Å²) in [6.07, 6.45) is 1.65. The molecule has 0 atom stereocenters. The Morgan fingerprint density at radius 3 is 3.17 bits per heavy atom. The number of aromatic amines is 1. The van der Waals surface area contributed by atoms with Gasteiger partial charge in [-0.15, -0.1) is 0 Å². The molecule has 4 nitrogen and oxygen atoms in total. The van der Waals surface area contributed by atoms with Crippen LogP contribution in [0.1, 0.15) is 5.69 Å². The van der Waals surface area contributed by atoms with Crippen molar-refractivity contribution >= 4 is 21.7 Å². The zero-order chi connectivity index (χ0) is 8.72. The van der Waals surface area contributed by atoms with Crippen LogP contribution in [0.15, 0.2) is 21.7 Å². The van der Waals surface area contributed by atoms with E-state index >= 15 is 0 Å². The van der Waals surface area contributed by atoms with Gasteiger partial charge >= 0.3 is 0 Å². The number of imidazole rings is 1. The van der Waals surface area contributed by atoms with Crippen LogP contribution in [0.2, 0.25) is 0 Å². The van der Waals surface area contributed by atoms with E-state index in [-0.39, 0.29) is 5.56 Å². The molecule has 1 N–H and O–H groups in total. The van der Waals surface area contributed by atoms with E-state index in [1.807, 2.05) is 11.3 Å². The summed E-state index contributed by atoms with van der Waals surface area (Å²) in [7, 11) is 0. The lowest BCUT2D eigenvalue weighted by molar-refractivity contribution is 1.00. The number of hydrogen-bond donors (Lipinski definition) is 1. The van der Waals surface area contributed by atoms with Crippen LogP contribution in [0.4, 0.5) is 0 Å². The van der Waals surface area contributed by atoms with E-state index in [1.54, 1.807) is 6.20 Å². The third kappa shape index (κ3) is 0.972. The van der Waals surface area contributed by atoms with Crippen molar-refractivity contribution in [2.75, 3.05) is 0 Å². The van der Waals surface area contributed by atoms with Gasteiger partial charge in [-0.05, 0) is 22.9 Å². The van der Waals surface area contributed by atoms with E-state index in [4.69, 9.17) is 0 Å². The fourth-order valence-corrected chi connectivity index (χ4v) is 1.71. The van der Waals surface area contributed by atoms with Crippen LogP contribution >= 0.6 is 15.9 Å². The smallest absolute Gasteiger partial charge is 0.252 e. The number of aryl methyl sites for hydroxylation is 1. The average Bonchev–Trinajstić information content (AvgIpc) is 2.31. The van der Waals surface area contributed by atoms with Gasteiger partial charge in [0.15, 0.2) is 0 Å². The zero-order valence-electron chi connectivity index (χ0n) is 6.34. The minimum Gasteiger partial charge on any atom is -0.292 e. The fraction of sp³-hybridized carbons (Fsp3) is 0.143. The maximum absolute atomic E-state index is 11.0. The Hall–Kier alpha value is -1.10. The molecule has 0 amide bonds. The quantitative estimate of drug-likeness (QED) is 0.733. The summed E-state index contributed by atoms with van der Waals surface area (Å²) in [6, 6.07) is 1.53. The number of aromatic nitrogens is 3. The van der Waals surface area contributed by atoms with Crippen LogP contribution in [-0.2, 0) is 0 Å². The predicted octanol–water partition coefficient (Wildman–Crippen LogP) is 1.09. The number of H-pyrrole nitrogens is 1. The van der Waals surface area contributed by atoms with Crippen molar-refractivity contribution in [1.82, 2.24) is 14.4 Å². The summed E-state index contributed by atoms with van der Waals surface area (Å²) in [5.41, 5.74) is 0.733. The molecule has 0 aliphatic heterocycles. The van der Waals surface area contributed by atoms with Gasteiger partial charge in [0, 0.05) is 11.8 Å². The van der Waals surface area contributed by atoms with Gasteiger partial charge in [0.1, 0.15) is 4.60 Å². The molecular weight excluding hydrogens is 222 g/mol. The van der Waals surface area contributed by atoms with Gasteiger partial charge in [-0.25, -0.2) is 4.98 Å². The van der Waals surface area contributed by atoms with Gasteiger partial charge in [-0.3, -0.25) is 14.2 Å². The standard InChI is InChI=1S/C7H6BrN3O/c1-4-2-6(12)10-7-9-3-5(8)11(4)7/h2-3H,1H3,(H,9,10,12). The van der Waals surface area contributed by atoms with Crippen molar-refractivity contribution in [2.45, 2.75) is 6.92 Å². The summed E-state index contributed by atoms with van der Waals surface area (Å²) >= 11 is 3.32. The highest BCUT2D eigenvalue weighted by molar-refractivity contribution is 9.10. The largest absolute Gasteiger partial charge is 0.292 e. The minimum atomic E-state index is -0.127. The Labute approximate surface area is 76.4 Å². The second-order valence-electron chi connectivity index (χ2n) is 2.51. The SMILES string of the molecule is Cc1cc(=O)[nH]c2ncc(Br)n12. The maximum Gasteiger partial charge on any atom is 0.252 e. The molecule has 2 aromatic heterocycles. The predicted molar refractivity (Wildman–Crippen MR) is 48.2 cm³/mol. The molecule has 0 radical (unpaired) electrons. The van der Waals surface area contributed by atoms with E-state index in [2.05, 4.69) is 25.9 Å². The Balaban J connectivity index is 3.02. The molecular formula is C7H6BrN3O. The maximum atomic E-state index is 11.0. The number of fused-ring (bicyclic) bond motifs is 1. The van der Waals surface area contributed by atoms with Crippen molar-refractivity contribution in [2.24, 2.45) is 0 Å². The monoisotopic (exact) mass is 227 g/mol. The first-order chi connectivity index (χ1) is 5.68. The van der Waals surface area contributed by atoms with E-state index in [0.29, 0.717) is 5.78 Å². The topological polar surface area (TPSA) is 50.2 Å². The molecule has 0 unspecified atom stereocenters. The number of nitrogens with one attached hydrogen (secondary N) is 1. The van der Waals surface area contributed by atoms with E-state index in [0.717, 1.165) is 10.3 Å². The normalized spacial score (nSPS) is 10.8. The van der Waals surface area contributed by atoms with Gasteiger partial charge in [-0.2, -0.15) is 0 Å². The molecule has 12 heavy (non-hydrogen) atoms. The molecule has 0 aliphatic rings. The van der Waals surface area contributed by atoms with Crippen molar-refractivity contribution in [3.05, 3.63) is 32.9 Å². The van der Waals surface area contributed by atoms with Crippen molar-refractivity contribution in [3.8, 4) is 0 Å². The molecule has 0 bridgehead atoms. The van der Waals surface area contributed by atoms with Gasteiger partial charge in [0.25, 0.3) is 5.56 Å². The van der Waals surface area contributed by atoms with Crippen LogP contribution in [-0.4, -0.2) is 14.4 Å². The summed E-state index contributed by atoms with van der Waals surface area (Å²) < 4.78 is 2.66. The van der Waals surface area contributed by atoms with Gasteiger partial charge in [-0.1, -0.05) is 0 Å². The van der Waals surface area contributed by atoms with Crippen LogP contribution in [0.25, 0.3) is 5.78 Å². The molecule has 0 saturated carbocycles. The average molecular weight is 228 g/mol. The van der Waals surface area contributed by atoms with E-state index < -0.39 is 0 Å². The molecule has 0 spiro atoms. The minimum absolute atomic E-state index is 0.127. The second kappa shape index (κ2) is 2.45. The molecule has 62 valence electrons. The Morgan fingerprint density at radius 2 is 2.42 bits per heavy atom. The Morgan fingerprint density at radius 1 is 1.67 bits per heavy atom. The van der Waals surface area contributed by atoms with Crippen molar-refractivity contribution in [3.63, 3.8) is 0 Å². The third-order valence-corrected chi connectivity index (χ3v) is 2.21. The number of hydrogen-bond acceptors (Lipinski definition) is 2. The fourth-order valence-electron chi connectivity index (χ4n) is 1.16. The molecule has 2 aromatic rings. The highest BCUT2D eigenvalue weighted by Gasteiger charge is 2.02. The molecule has 0 saturated heterocycles. The molecule has 0 fully saturated rings. The van der Waals surface area contributed by atoms with Crippen LogP contribution < -0.4 is 5.56 Å². The first-order valence-electron chi connectivity index (χ1n) is 3.41. The Kier molecular flexibility index (Phi) is 1.54. The molecule has 2 rings (SSSR count). The van der Waals surface area contributed by atoms with E-state index in [1.165, 1.54) is 6.07 Å². The van der Waals surface area contributed by atoms with Gasteiger partial charge in [0.05, 0.1) is 6.20 Å². The first-order valence-corrected chi connectivity index (χ1v) is 4.20. The third-order valence-electron chi connectivity index (χ3n) is 1.65. The molecule has 0 aliphatic carbocycles.